The normalized spacial score (nSPS) is 19.3. The van der Waals surface area contributed by atoms with Crippen molar-refractivity contribution in [3.8, 4) is 0 Å². The maximum Gasteiger partial charge on any atom is -1.00 e. The number of hydrogen-bond acceptors (Lipinski definition) is 0. The van der Waals surface area contributed by atoms with E-state index in [2.05, 4.69) is 112 Å². The number of halogens is 2. The Labute approximate surface area is 204 Å². The number of hydrogen-bond donors (Lipinski definition) is 0. The predicted octanol–water partition coefficient (Wildman–Crippen LogP) is 0.213. The Balaban J connectivity index is 0.00000136. The molecule has 0 nitrogen and oxygen atoms in total. The second-order valence-corrected chi connectivity index (χ2v) is 26.4. The minimum Gasteiger partial charge on any atom is -1.00 e. The fourth-order valence-corrected chi connectivity index (χ4v) is 27.4. The molecule has 0 spiro atoms. The molecule has 2 aliphatic rings. The number of fused-ring (bicyclic) bond motifs is 2. The van der Waals surface area contributed by atoms with Gasteiger partial charge in [0.1, 0.15) is 0 Å². The van der Waals surface area contributed by atoms with Crippen molar-refractivity contribution in [2.24, 2.45) is 0 Å². The van der Waals surface area contributed by atoms with Crippen molar-refractivity contribution in [3.05, 3.63) is 118 Å². The fourth-order valence-electron chi connectivity index (χ4n) is 5.83. The van der Waals surface area contributed by atoms with Crippen molar-refractivity contribution >= 4 is 19.0 Å². The molecule has 0 radical (unpaired) electrons. The Morgan fingerprint density at radius 1 is 0.645 bits per heavy atom. The van der Waals surface area contributed by atoms with Gasteiger partial charge in [0, 0.05) is 0 Å². The molecule has 2 atom stereocenters. The first-order chi connectivity index (χ1) is 14.1. The monoisotopic (exact) mass is 539 g/mol. The van der Waals surface area contributed by atoms with Crippen LogP contribution < -0.4 is 24.8 Å². The molecule has 2 aliphatic carbocycles. The van der Waals surface area contributed by atoms with Crippen LogP contribution in [0.5, 0.6) is 0 Å². The van der Waals surface area contributed by atoms with E-state index < -0.39 is 18.9 Å². The molecule has 5 rings (SSSR count). The van der Waals surface area contributed by atoms with E-state index in [1.807, 2.05) is 0 Å². The maximum absolute atomic E-state index is 2.86. The third-order valence-electron chi connectivity index (χ3n) is 6.82. The van der Waals surface area contributed by atoms with Crippen LogP contribution in [0.1, 0.15) is 48.9 Å². The average Bonchev–Trinajstić information content (AvgIpc) is 3.24. The van der Waals surface area contributed by atoms with Gasteiger partial charge in [-0.2, -0.15) is 0 Å². The number of allylic oxidation sites excluding steroid dienone is 2. The molecule has 0 bridgehead atoms. The SMILES string of the molecule is CC1=Cc2ccccc2[CH]1[Zr+2](=[SiH2])([CH2]c1ccccc1)[CH]1C(C)=Cc2ccccc21.[Cl-].[Cl-]. The predicted molar refractivity (Wildman–Crippen MR) is 124 cm³/mol. The summed E-state index contributed by atoms with van der Waals surface area (Å²) in [6, 6.07) is 29.5. The molecule has 0 heterocycles. The van der Waals surface area contributed by atoms with Crippen molar-refractivity contribution in [2.45, 2.75) is 25.2 Å². The zero-order valence-corrected chi connectivity index (χ0v) is 23.4. The minimum atomic E-state index is -2.86. The van der Waals surface area contributed by atoms with Crippen LogP contribution in [0.3, 0.4) is 0 Å². The second kappa shape index (κ2) is 9.75. The van der Waals surface area contributed by atoms with Crippen LogP contribution in [-0.2, 0) is 23.0 Å². The van der Waals surface area contributed by atoms with Crippen molar-refractivity contribution < 1.29 is 43.7 Å². The first-order valence-corrected chi connectivity index (χ1v) is 21.0. The number of rotatable bonds is 4. The van der Waals surface area contributed by atoms with E-state index >= 15 is 0 Å². The quantitative estimate of drug-likeness (QED) is 0.415. The van der Waals surface area contributed by atoms with Crippen molar-refractivity contribution in [1.82, 2.24) is 0 Å². The molecule has 4 heteroatoms. The summed E-state index contributed by atoms with van der Waals surface area (Å²) in [7, 11) is 0. The third-order valence-corrected chi connectivity index (χ3v) is 25.2. The van der Waals surface area contributed by atoms with Gasteiger partial charge in [-0.15, -0.1) is 0 Å². The van der Waals surface area contributed by atoms with Gasteiger partial charge in [-0.05, 0) is 0 Å². The Morgan fingerprint density at radius 2 is 1.06 bits per heavy atom. The van der Waals surface area contributed by atoms with Gasteiger partial charge in [-0.1, -0.05) is 0 Å². The first kappa shape index (κ1) is 24.5. The minimum absolute atomic E-state index is 0. The maximum atomic E-state index is 2.46. The zero-order valence-electron chi connectivity index (χ0n) is 18.0. The van der Waals surface area contributed by atoms with Crippen molar-refractivity contribution in [1.29, 1.82) is 0 Å². The Hall–Kier alpha value is -1.18. The van der Waals surface area contributed by atoms with Crippen LogP contribution in [0.15, 0.2) is 90.0 Å². The van der Waals surface area contributed by atoms with Gasteiger partial charge < -0.3 is 24.8 Å². The van der Waals surface area contributed by atoms with Gasteiger partial charge in [0.05, 0.1) is 0 Å². The van der Waals surface area contributed by atoms with Gasteiger partial charge in [-0.3, -0.25) is 0 Å². The Morgan fingerprint density at radius 3 is 1.55 bits per heavy atom. The molecule has 3 aromatic carbocycles. The average molecular weight is 542 g/mol. The van der Waals surface area contributed by atoms with Gasteiger partial charge in [0.15, 0.2) is 0 Å². The van der Waals surface area contributed by atoms with E-state index in [0.717, 1.165) is 0 Å². The summed E-state index contributed by atoms with van der Waals surface area (Å²) in [5.74, 6) is 0. The molecule has 3 aromatic rings. The molecule has 0 saturated carbocycles. The van der Waals surface area contributed by atoms with Gasteiger partial charge in [0.2, 0.25) is 0 Å². The summed E-state index contributed by atoms with van der Waals surface area (Å²) in [6.45, 7) is 7.22. The Kier molecular flexibility index (Phi) is 7.70. The topological polar surface area (TPSA) is 0 Å². The van der Waals surface area contributed by atoms with E-state index in [9.17, 15) is 0 Å². The van der Waals surface area contributed by atoms with Crippen molar-refractivity contribution in [2.75, 3.05) is 0 Å². The molecule has 31 heavy (non-hydrogen) atoms. The van der Waals surface area contributed by atoms with Crippen LogP contribution in [0, 0.1) is 0 Å². The molecular weight excluding hydrogens is 515 g/mol. The summed E-state index contributed by atoms with van der Waals surface area (Å²) >= 11 is -2.86. The van der Waals surface area contributed by atoms with Gasteiger partial charge in [-0.25, -0.2) is 0 Å². The van der Waals surface area contributed by atoms with E-state index in [-0.39, 0.29) is 24.8 Å². The molecule has 0 amide bonds. The smallest absolute Gasteiger partial charge is 1.00 e. The second-order valence-electron chi connectivity index (χ2n) is 8.80. The molecular formula is C27H27Cl2SiZr. The summed E-state index contributed by atoms with van der Waals surface area (Å²) in [4.78, 5) is 0. The van der Waals surface area contributed by atoms with E-state index in [4.69, 9.17) is 0 Å². The Bertz CT molecular complexity index is 1130. The van der Waals surface area contributed by atoms with E-state index in [1.165, 1.54) is 20.8 Å². The molecule has 157 valence electrons. The zero-order chi connectivity index (χ0) is 20.0. The summed E-state index contributed by atoms with van der Waals surface area (Å²) in [5.41, 5.74) is 10.8. The molecule has 0 saturated heterocycles. The molecule has 0 fully saturated rings. The van der Waals surface area contributed by atoms with Crippen LogP contribution in [-0.4, -0.2) is 6.88 Å². The fraction of sp³-hybridized carbons (Fsp3) is 0.185. The number of benzene rings is 3. The molecule has 0 aromatic heterocycles. The van der Waals surface area contributed by atoms with Crippen LogP contribution in [0.25, 0.3) is 12.2 Å². The van der Waals surface area contributed by atoms with Crippen molar-refractivity contribution in [3.63, 3.8) is 0 Å². The first-order valence-electron chi connectivity index (χ1n) is 10.5. The molecule has 2 unspecified atom stereocenters. The third kappa shape index (κ3) is 4.25. The van der Waals surface area contributed by atoms with E-state index in [0.29, 0.717) is 7.25 Å². The molecule has 0 aliphatic heterocycles. The standard InChI is InChI=1S/2C10H9.C7H7.2ClH.H2Si.Zr/c2*1-8-6-9-4-2-3-5-10(9)7-8;1-7-5-3-2-4-6-7;;;;/h2*2-7H,1H3;2-6H,1H2;2*1H;1H2;/q;;;;;;+2/p-2. The summed E-state index contributed by atoms with van der Waals surface area (Å²) < 4.78 is 2.56. The van der Waals surface area contributed by atoms with Crippen LogP contribution in [0.4, 0.5) is 0 Å². The summed E-state index contributed by atoms with van der Waals surface area (Å²) in [5, 5.41) is 0. The van der Waals surface area contributed by atoms with Crippen LogP contribution >= 0.6 is 0 Å². The summed E-state index contributed by atoms with van der Waals surface area (Å²) in [6.07, 6.45) is 4.93. The largest absolute Gasteiger partial charge is 1.00 e. The van der Waals surface area contributed by atoms with Crippen LogP contribution in [0.2, 0.25) is 0 Å². The van der Waals surface area contributed by atoms with E-state index in [1.54, 1.807) is 22.3 Å². The van der Waals surface area contributed by atoms with Gasteiger partial charge >= 0.3 is 181 Å². The molecule has 0 N–H and O–H groups in total. The van der Waals surface area contributed by atoms with Gasteiger partial charge in [0.25, 0.3) is 0 Å².